The monoisotopic (exact) mass is 639 g/mol. The third-order valence-corrected chi connectivity index (χ3v) is 11.7. The van der Waals surface area contributed by atoms with E-state index >= 15 is 0 Å². The molecule has 2 heteroatoms. The lowest BCUT2D eigenvalue weighted by atomic mass is 9.65. The molecule has 8 aromatic rings. The van der Waals surface area contributed by atoms with Crippen LogP contribution < -0.4 is 9.64 Å². The molecule has 0 saturated heterocycles. The molecule has 2 aliphatic heterocycles. The van der Waals surface area contributed by atoms with Crippen LogP contribution in [0.1, 0.15) is 47.2 Å². The van der Waals surface area contributed by atoms with Crippen LogP contribution in [0.2, 0.25) is 0 Å². The van der Waals surface area contributed by atoms with Gasteiger partial charge in [-0.25, -0.2) is 0 Å². The zero-order valence-electron chi connectivity index (χ0n) is 27.9. The van der Waals surface area contributed by atoms with Gasteiger partial charge < -0.3 is 9.64 Å². The third kappa shape index (κ3) is 3.33. The lowest BCUT2D eigenvalue weighted by Gasteiger charge is -2.43. The second-order valence-electron chi connectivity index (χ2n) is 14.4. The summed E-state index contributed by atoms with van der Waals surface area (Å²) in [5.41, 5.74) is 13.1. The summed E-state index contributed by atoms with van der Waals surface area (Å²) in [6.45, 7) is 4.71. The number of hydrogen-bond donors (Lipinski definition) is 0. The molecule has 2 heterocycles. The molecule has 0 unspecified atom stereocenters. The van der Waals surface area contributed by atoms with Crippen molar-refractivity contribution in [2.45, 2.75) is 24.7 Å². The molecule has 0 radical (unpaired) electrons. The zero-order valence-corrected chi connectivity index (χ0v) is 27.9. The molecule has 11 rings (SSSR count). The van der Waals surface area contributed by atoms with Gasteiger partial charge in [0, 0.05) is 32.9 Å². The van der Waals surface area contributed by atoms with Gasteiger partial charge in [-0.15, -0.1) is 0 Å². The molecular weight excluding hydrogens is 607 g/mol. The fraction of sp³-hybridized carbons (Fsp3) is 0.0833. The van der Waals surface area contributed by atoms with Gasteiger partial charge in [0.05, 0.1) is 22.5 Å². The van der Waals surface area contributed by atoms with Gasteiger partial charge in [0.1, 0.15) is 11.5 Å². The molecule has 0 saturated carbocycles. The third-order valence-electron chi connectivity index (χ3n) is 11.7. The Morgan fingerprint density at radius 2 is 0.880 bits per heavy atom. The maximum atomic E-state index is 7.17. The minimum atomic E-state index is -0.590. The Balaban J connectivity index is 1.30. The van der Waals surface area contributed by atoms with Gasteiger partial charge in [-0.3, -0.25) is 0 Å². The van der Waals surface area contributed by atoms with Crippen LogP contribution in [0.25, 0.3) is 32.7 Å². The summed E-state index contributed by atoms with van der Waals surface area (Å²) in [4.78, 5) is 2.52. The highest BCUT2D eigenvalue weighted by atomic mass is 16.5. The molecular formula is C48H33NO. The van der Waals surface area contributed by atoms with Crippen molar-refractivity contribution < 1.29 is 4.74 Å². The highest BCUT2D eigenvalue weighted by molar-refractivity contribution is 6.03. The molecule has 0 aromatic heterocycles. The van der Waals surface area contributed by atoms with Crippen molar-refractivity contribution in [1.82, 2.24) is 0 Å². The predicted molar refractivity (Wildman–Crippen MR) is 206 cm³/mol. The summed E-state index contributed by atoms with van der Waals surface area (Å²) in [5.74, 6) is 1.88. The maximum Gasteiger partial charge on any atom is 0.140 e. The Bertz CT molecular complexity index is 2600. The van der Waals surface area contributed by atoms with Gasteiger partial charge in [0.15, 0.2) is 0 Å². The smallest absolute Gasteiger partial charge is 0.140 e. The minimum absolute atomic E-state index is 0.137. The molecule has 3 aliphatic rings. The summed E-state index contributed by atoms with van der Waals surface area (Å²) in [6, 6.07) is 60.4. The Hall–Kier alpha value is -6.12. The van der Waals surface area contributed by atoms with Gasteiger partial charge in [-0.1, -0.05) is 159 Å². The molecule has 8 aromatic carbocycles. The highest BCUT2D eigenvalue weighted by Gasteiger charge is 2.53. The summed E-state index contributed by atoms with van der Waals surface area (Å²) in [7, 11) is 0. The van der Waals surface area contributed by atoms with E-state index in [9.17, 15) is 0 Å². The fourth-order valence-corrected chi connectivity index (χ4v) is 9.55. The Kier molecular flexibility index (Phi) is 5.41. The average Bonchev–Trinajstić information content (AvgIpc) is 3.46. The van der Waals surface area contributed by atoms with Crippen molar-refractivity contribution in [3.05, 3.63) is 197 Å². The highest BCUT2D eigenvalue weighted by Crippen LogP contribution is 2.66. The van der Waals surface area contributed by atoms with E-state index < -0.39 is 5.41 Å². The van der Waals surface area contributed by atoms with E-state index in [1.54, 1.807) is 0 Å². The van der Waals surface area contributed by atoms with E-state index in [0.717, 1.165) is 22.3 Å². The van der Waals surface area contributed by atoms with Gasteiger partial charge in [0.2, 0.25) is 0 Å². The normalized spacial score (nSPS) is 15.4. The summed E-state index contributed by atoms with van der Waals surface area (Å²) in [6.07, 6.45) is 0. The number of para-hydroxylation sites is 2. The molecule has 0 amide bonds. The number of ether oxygens (including phenoxy) is 1. The van der Waals surface area contributed by atoms with Crippen LogP contribution in [-0.4, -0.2) is 0 Å². The van der Waals surface area contributed by atoms with Crippen LogP contribution in [0.4, 0.5) is 17.1 Å². The number of hydrogen-bond acceptors (Lipinski definition) is 2. The standard InChI is InChI=1S/C48H33NO/c1-47(2)36-20-9-11-23-41(36)49(42-24-12-10-21-37(42)47)43-25-13-22-38-44(43)34-18-7-8-19-35(34)48(38)39-28-26-30-14-3-5-16-32(30)45(39)50-46-33-17-6-4-15-31(33)27-29-40(46)48/h3-29H,1-2H3. The topological polar surface area (TPSA) is 12.5 Å². The first-order chi connectivity index (χ1) is 24.6. The van der Waals surface area contributed by atoms with Crippen molar-refractivity contribution in [3.8, 4) is 22.6 Å². The first kappa shape index (κ1) is 27.8. The minimum Gasteiger partial charge on any atom is -0.455 e. The number of nitrogens with zero attached hydrogens (tertiary/aromatic N) is 1. The Labute approximate surface area is 291 Å². The van der Waals surface area contributed by atoms with Crippen LogP contribution in [0.15, 0.2) is 164 Å². The maximum absolute atomic E-state index is 7.17. The van der Waals surface area contributed by atoms with E-state index in [1.807, 2.05) is 0 Å². The second kappa shape index (κ2) is 9.74. The molecule has 0 bridgehead atoms. The zero-order chi connectivity index (χ0) is 33.2. The van der Waals surface area contributed by atoms with Crippen LogP contribution in [0, 0.1) is 0 Å². The summed E-state index contributed by atoms with van der Waals surface area (Å²) in [5, 5.41) is 4.61. The lowest BCUT2D eigenvalue weighted by molar-refractivity contribution is 0.447. The van der Waals surface area contributed by atoms with Crippen molar-refractivity contribution in [3.63, 3.8) is 0 Å². The largest absolute Gasteiger partial charge is 0.455 e. The fourth-order valence-electron chi connectivity index (χ4n) is 9.55. The molecule has 236 valence electrons. The van der Waals surface area contributed by atoms with E-state index in [-0.39, 0.29) is 5.41 Å². The molecule has 1 spiro atoms. The van der Waals surface area contributed by atoms with Crippen LogP contribution in [0.5, 0.6) is 11.5 Å². The van der Waals surface area contributed by atoms with Crippen molar-refractivity contribution in [2.75, 3.05) is 4.90 Å². The quantitative estimate of drug-likeness (QED) is 0.177. The van der Waals surface area contributed by atoms with Crippen molar-refractivity contribution >= 4 is 38.6 Å². The number of benzene rings is 8. The molecule has 0 N–H and O–H groups in total. The van der Waals surface area contributed by atoms with Crippen molar-refractivity contribution in [2.24, 2.45) is 0 Å². The summed E-state index contributed by atoms with van der Waals surface area (Å²) < 4.78 is 7.17. The second-order valence-corrected chi connectivity index (χ2v) is 14.4. The van der Waals surface area contributed by atoms with Crippen LogP contribution >= 0.6 is 0 Å². The van der Waals surface area contributed by atoms with Crippen LogP contribution in [-0.2, 0) is 10.8 Å². The first-order valence-electron chi connectivity index (χ1n) is 17.5. The van der Waals surface area contributed by atoms with E-state index in [1.165, 1.54) is 72.3 Å². The van der Waals surface area contributed by atoms with E-state index in [0.29, 0.717) is 0 Å². The average molecular weight is 640 g/mol. The molecule has 50 heavy (non-hydrogen) atoms. The van der Waals surface area contributed by atoms with Gasteiger partial charge in [0.25, 0.3) is 0 Å². The van der Waals surface area contributed by atoms with Crippen molar-refractivity contribution in [1.29, 1.82) is 0 Å². The number of anilines is 3. The van der Waals surface area contributed by atoms with Gasteiger partial charge >= 0.3 is 0 Å². The van der Waals surface area contributed by atoms with E-state index in [4.69, 9.17) is 4.74 Å². The molecule has 0 atom stereocenters. The predicted octanol–water partition coefficient (Wildman–Crippen LogP) is 12.6. The SMILES string of the molecule is CC1(C)c2ccccc2N(c2cccc3c2-c2ccccc2C32c3ccc4ccccc4c3Oc3c2ccc2ccccc32)c2ccccc21. The van der Waals surface area contributed by atoms with Gasteiger partial charge in [-0.05, 0) is 56.8 Å². The Morgan fingerprint density at radius 3 is 1.50 bits per heavy atom. The summed E-state index contributed by atoms with van der Waals surface area (Å²) >= 11 is 0. The van der Waals surface area contributed by atoms with Crippen LogP contribution in [0.3, 0.4) is 0 Å². The lowest BCUT2D eigenvalue weighted by Crippen LogP contribution is -2.33. The molecule has 1 aliphatic carbocycles. The number of fused-ring (bicyclic) bond motifs is 15. The molecule has 2 nitrogen and oxygen atoms in total. The first-order valence-corrected chi connectivity index (χ1v) is 17.5. The molecule has 0 fully saturated rings. The number of rotatable bonds is 1. The van der Waals surface area contributed by atoms with E-state index in [2.05, 4.69) is 183 Å². The van der Waals surface area contributed by atoms with Gasteiger partial charge in [-0.2, -0.15) is 0 Å². The Morgan fingerprint density at radius 1 is 0.400 bits per heavy atom.